The van der Waals surface area contributed by atoms with Crippen molar-refractivity contribution in [3.8, 4) is 5.75 Å². The molecule has 0 saturated carbocycles. The summed E-state index contributed by atoms with van der Waals surface area (Å²) in [6.45, 7) is 3.98. The molecular formula is C17H29N3O7. The number of pyridine rings is 1. The van der Waals surface area contributed by atoms with E-state index >= 15 is 0 Å². The number of carbonyl (C=O) groups is 3. The predicted molar refractivity (Wildman–Crippen MR) is 98.7 cm³/mol. The van der Waals surface area contributed by atoms with Gasteiger partial charge in [0.15, 0.2) is 0 Å². The van der Waals surface area contributed by atoms with Gasteiger partial charge in [0, 0.05) is 26.8 Å². The van der Waals surface area contributed by atoms with Crippen LogP contribution in [0.1, 0.15) is 31.9 Å². The zero-order valence-corrected chi connectivity index (χ0v) is 16.1. The van der Waals surface area contributed by atoms with Crippen molar-refractivity contribution >= 4 is 18.0 Å². The normalized spacial score (nSPS) is 9.37. The van der Waals surface area contributed by atoms with Crippen LogP contribution in [0.5, 0.6) is 5.75 Å². The summed E-state index contributed by atoms with van der Waals surface area (Å²) in [5, 5.41) is 32.2. The molecule has 0 atom stereocenters. The summed E-state index contributed by atoms with van der Waals surface area (Å²) in [4.78, 5) is 35.3. The fraction of sp³-hybridized carbons (Fsp3) is 0.529. The molecule has 0 bridgehead atoms. The minimum atomic E-state index is -1.82. The maximum absolute atomic E-state index is 9.62. The standard InChI is InChI=1S/C12H20N2O.C3H7NO2.C2H2O4/c1-3-4-5-9-14(2)10-11-12(15)7-6-8-13-11;1-4(2)3(5)6;3-1(4)2(5)6/h6-8,15H,3-5,9-10H2,1-2H3;1-2H3,(H,5,6);(H,3,4)(H,5,6). The van der Waals surface area contributed by atoms with E-state index in [1.54, 1.807) is 18.3 Å². The van der Waals surface area contributed by atoms with E-state index in [4.69, 9.17) is 24.9 Å². The molecule has 0 aliphatic carbocycles. The summed E-state index contributed by atoms with van der Waals surface area (Å²) in [5.74, 6) is -3.36. The Balaban J connectivity index is 0. The van der Waals surface area contributed by atoms with Gasteiger partial charge in [-0.2, -0.15) is 0 Å². The molecule has 1 aromatic heterocycles. The molecule has 0 fully saturated rings. The highest BCUT2D eigenvalue weighted by molar-refractivity contribution is 6.27. The molecule has 0 aliphatic heterocycles. The highest BCUT2D eigenvalue weighted by Gasteiger charge is 2.05. The third-order valence-corrected chi connectivity index (χ3v) is 2.99. The lowest BCUT2D eigenvalue weighted by Gasteiger charge is -2.16. The second kappa shape index (κ2) is 15.4. The second-order valence-electron chi connectivity index (χ2n) is 5.70. The van der Waals surface area contributed by atoms with Crippen LogP contribution < -0.4 is 0 Å². The van der Waals surface area contributed by atoms with E-state index in [9.17, 15) is 9.90 Å². The fourth-order valence-corrected chi connectivity index (χ4v) is 1.52. The van der Waals surface area contributed by atoms with E-state index < -0.39 is 18.0 Å². The Morgan fingerprint density at radius 3 is 1.93 bits per heavy atom. The molecule has 154 valence electrons. The van der Waals surface area contributed by atoms with Gasteiger partial charge in [-0.3, -0.25) is 4.98 Å². The summed E-state index contributed by atoms with van der Waals surface area (Å²) in [5.41, 5.74) is 0.761. The molecule has 0 spiro atoms. The van der Waals surface area contributed by atoms with Crippen LogP contribution in [0.4, 0.5) is 4.79 Å². The van der Waals surface area contributed by atoms with Crippen molar-refractivity contribution in [2.24, 2.45) is 0 Å². The Morgan fingerprint density at radius 2 is 1.56 bits per heavy atom. The fourth-order valence-electron chi connectivity index (χ4n) is 1.52. The maximum atomic E-state index is 9.62. The summed E-state index contributed by atoms with van der Waals surface area (Å²) in [7, 11) is 5.01. The van der Waals surface area contributed by atoms with Gasteiger partial charge in [-0.05, 0) is 32.1 Å². The van der Waals surface area contributed by atoms with Gasteiger partial charge in [0.2, 0.25) is 0 Å². The molecule has 0 aliphatic rings. The number of hydrogen-bond acceptors (Lipinski definition) is 6. The molecule has 1 aromatic rings. The van der Waals surface area contributed by atoms with Gasteiger partial charge in [-0.1, -0.05) is 19.8 Å². The van der Waals surface area contributed by atoms with Crippen LogP contribution in [0, 0.1) is 0 Å². The summed E-state index contributed by atoms with van der Waals surface area (Å²) in [6, 6.07) is 3.43. The number of carboxylic acids is 2. The molecule has 0 aromatic carbocycles. The van der Waals surface area contributed by atoms with E-state index in [0.29, 0.717) is 5.75 Å². The molecule has 1 rings (SSSR count). The first-order valence-corrected chi connectivity index (χ1v) is 8.20. The molecule has 27 heavy (non-hydrogen) atoms. The van der Waals surface area contributed by atoms with Crippen LogP contribution in [0.3, 0.4) is 0 Å². The van der Waals surface area contributed by atoms with Crippen molar-refractivity contribution in [3.05, 3.63) is 24.0 Å². The molecule has 4 N–H and O–H groups in total. The molecule has 1 heterocycles. The summed E-state index contributed by atoms with van der Waals surface area (Å²) < 4.78 is 0. The molecule has 10 heteroatoms. The van der Waals surface area contributed by atoms with Crippen molar-refractivity contribution in [1.29, 1.82) is 0 Å². The van der Waals surface area contributed by atoms with Crippen LogP contribution in [0.2, 0.25) is 0 Å². The zero-order chi connectivity index (χ0) is 21.4. The zero-order valence-electron chi connectivity index (χ0n) is 16.1. The second-order valence-corrected chi connectivity index (χ2v) is 5.70. The maximum Gasteiger partial charge on any atom is 0.414 e. The smallest absolute Gasteiger partial charge is 0.414 e. The van der Waals surface area contributed by atoms with Gasteiger partial charge in [0.05, 0.1) is 5.69 Å². The van der Waals surface area contributed by atoms with Crippen molar-refractivity contribution in [1.82, 2.24) is 14.8 Å². The first-order chi connectivity index (χ1) is 12.5. The number of unbranched alkanes of at least 4 members (excludes halogenated alkanes) is 2. The topological polar surface area (TPSA) is 152 Å². The van der Waals surface area contributed by atoms with Crippen LogP contribution in [0.25, 0.3) is 0 Å². The van der Waals surface area contributed by atoms with Crippen LogP contribution in [-0.4, -0.2) is 80.9 Å². The average Bonchev–Trinajstić information content (AvgIpc) is 2.58. The number of hydrogen-bond donors (Lipinski definition) is 4. The predicted octanol–water partition coefficient (Wildman–Crippen LogP) is 1.79. The van der Waals surface area contributed by atoms with Gasteiger partial charge >= 0.3 is 18.0 Å². The third kappa shape index (κ3) is 16.3. The van der Waals surface area contributed by atoms with Gasteiger partial charge in [0.25, 0.3) is 0 Å². The summed E-state index contributed by atoms with van der Waals surface area (Å²) >= 11 is 0. The van der Waals surface area contributed by atoms with Crippen LogP contribution in [-0.2, 0) is 16.1 Å². The number of aromatic hydroxyl groups is 1. The lowest BCUT2D eigenvalue weighted by atomic mass is 10.2. The number of rotatable bonds is 6. The molecule has 1 amide bonds. The molecule has 10 nitrogen and oxygen atoms in total. The van der Waals surface area contributed by atoms with Gasteiger partial charge in [-0.25, -0.2) is 14.4 Å². The Kier molecular flexibility index (Phi) is 15.0. The number of aliphatic carboxylic acids is 2. The SMILES string of the molecule is CCCCCN(C)Cc1ncccc1O.CN(C)C(=O)O.O=C(O)C(=O)O. The third-order valence-electron chi connectivity index (χ3n) is 2.99. The van der Waals surface area contributed by atoms with E-state index in [0.717, 1.165) is 23.7 Å². The van der Waals surface area contributed by atoms with Crippen molar-refractivity contribution < 1.29 is 34.8 Å². The number of aromatic nitrogens is 1. The number of nitrogens with zero attached hydrogens (tertiary/aromatic N) is 3. The lowest BCUT2D eigenvalue weighted by molar-refractivity contribution is -0.159. The van der Waals surface area contributed by atoms with E-state index in [1.165, 1.54) is 33.4 Å². The Labute approximate surface area is 158 Å². The quantitative estimate of drug-likeness (QED) is 0.423. The number of carboxylic acid groups (broad SMARTS) is 3. The van der Waals surface area contributed by atoms with Gasteiger partial charge in [0.1, 0.15) is 5.75 Å². The Bertz CT molecular complexity index is 567. The van der Waals surface area contributed by atoms with E-state index in [-0.39, 0.29) is 0 Å². The minimum Gasteiger partial charge on any atom is -0.506 e. The Hall–Kier alpha value is -2.88. The van der Waals surface area contributed by atoms with Crippen molar-refractivity contribution in [2.45, 2.75) is 32.7 Å². The molecular weight excluding hydrogens is 358 g/mol. The largest absolute Gasteiger partial charge is 0.506 e. The van der Waals surface area contributed by atoms with Crippen molar-refractivity contribution in [3.63, 3.8) is 0 Å². The van der Waals surface area contributed by atoms with Crippen molar-refractivity contribution in [2.75, 3.05) is 27.7 Å². The minimum absolute atomic E-state index is 0.292. The summed E-state index contributed by atoms with van der Waals surface area (Å²) in [6.07, 6.45) is 4.52. The van der Waals surface area contributed by atoms with E-state index in [1.807, 2.05) is 0 Å². The van der Waals surface area contributed by atoms with Gasteiger partial charge < -0.3 is 30.2 Å². The van der Waals surface area contributed by atoms with Gasteiger partial charge in [-0.15, -0.1) is 0 Å². The van der Waals surface area contributed by atoms with Crippen LogP contribution in [0.15, 0.2) is 18.3 Å². The average molecular weight is 387 g/mol. The van der Waals surface area contributed by atoms with Crippen LogP contribution >= 0.6 is 0 Å². The highest BCUT2D eigenvalue weighted by atomic mass is 16.4. The molecule has 0 unspecified atom stereocenters. The molecule has 0 radical (unpaired) electrons. The lowest BCUT2D eigenvalue weighted by Crippen LogP contribution is -2.19. The first kappa shape index (κ1) is 26.4. The molecule has 0 saturated heterocycles. The highest BCUT2D eigenvalue weighted by Crippen LogP contribution is 2.14. The monoisotopic (exact) mass is 387 g/mol. The van der Waals surface area contributed by atoms with E-state index in [2.05, 4.69) is 23.9 Å². The first-order valence-electron chi connectivity index (χ1n) is 8.20. The Morgan fingerprint density at radius 1 is 1.04 bits per heavy atom. The number of amides is 1.